The fraction of sp³-hybridized carbons (Fsp3) is 0. The van der Waals surface area contributed by atoms with Gasteiger partial charge in [0.15, 0.2) is 5.82 Å². The van der Waals surface area contributed by atoms with Crippen LogP contribution < -0.4 is 0 Å². The Labute approximate surface area is 290 Å². The van der Waals surface area contributed by atoms with E-state index in [1.165, 1.54) is 5.39 Å². The minimum Gasteiger partial charge on any atom is -0.254 e. The second-order valence-corrected chi connectivity index (χ2v) is 12.3. The van der Waals surface area contributed by atoms with E-state index < -0.39 is 0 Å². The highest BCUT2D eigenvalue weighted by molar-refractivity contribution is 6.10. The number of benzene rings is 6. The van der Waals surface area contributed by atoms with Crippen LogP contribution >= 0.6 is 0 Å². The molecule has 0 bridgehead atoms. The van der Waals surface area contributed by atoms with Gasteiger partial charge in [0.2, 0.25) is 0 Å². The van der Waals surface area contributed by atoms with Crippen LogP contribution in [0.2, 0.25) is 0 Å². The molecule has 0 fully saturated rings. The largest absolute Gasteiger partial charge is 0.254 e. The van der Waals surface area contributed by atoms with Crippen molar-refractivity contribution in [2.75, 3.05) is 0 Å². The fourth-order valence-electron chi connectivity index (χ4n) is 6.61. The molecule has 0 saturated heterocycles. The summed E-state index contributed by atoms with van der Waals surface area (Å²) in [7, 11) is 0. The van der Waals surface area contributed by atoms with Crippen molar-refractivity contribution in [2.24, 2.45) is 0 Å². The lowest BCUT2D eigenvalue weighted by Gasteiger charge is -2.12. The molecule has 4 nitrogen and oxygen atoms in total. The SMILES string of the molecule is c1ccc(-c2cc(-c3cccc(-c4cccc(-c5ccc(-c6nc7ccccc7c7ccccc67)nc5)c4)c3)nc(-c3ccccc3)n2)cc1. The average Bonchev–Trinajstić information content (AvgIpc) is 3.21. The molecule has 0 aliphatic rings. The van der Waals surface area contributed by atoms with Gasteiger partial charge in [0.05, 0.1) is 28.3 Å². The first-order valence-electron chi connectivity index (χ1n) is 16.7. The van der Waals surface area contributed by atoms with Crippen molar-refractivity contribution in [3.63, 3.8) is 0 Å². The summed E-state index contributed by atoms with van der Waals surface area (Å²) >= 11 is 0. The van der Waals surface area contributed by atoms with E-state index in [2.05, 4.69) is 133 Å². The van der Waals surface area contributed by atoms with Crippen LogP contribution in [0.5, 0.6) is 0 Å². The quantitative estimate of drug-likeness (QED) is 0.170. The van der Waals surface area contributed by atoms with Crippen molar-refractivity contribution in [3.8, 4) is 67.5 Å². The maximum absolute atomic E-state index is 5.04. The number of fused-ring (bicyclic) bond motifs is 3. The van der Waals surface area contributed by atoms with Crippen molar-refractivity contribution in [1.82, 2.24) is 19.9 Å². The van der Waals surface area contributed by atoms with E-state index in [-0.39, 0.29) is 0 Å². The van der Waals surface area contributed by atoms with Gasteiger partial charge >= 0.3 is 0 Å². The summed E-state index contributed by atoms with van der Waals surface area (Å²) in [4.78, 5) is 20.0. The number of nitrogens with zero attached hydrogens (tertiary/aromatic N) is 4. The molecule has 9 rings (SSSR count). The van der Waals surface area contributed by atoms with E-state index in [1.807, 2.05) is 48.7 Å². The summed E-state index contributed by atoms with van der Waals surface area (Å²) in [5, 5.41) is 3.43. The molecule has 0 saturated carbocycles. The topological polar surface area (TPSA) is 51.6 Å². The molecule has 234 valence electrons. The highest BCUT2D eigenvalue weighted by atomic mass is 14.9. The summed E-state index contributed by atoms with van der Waals surface area (Å²) in [6.07, 6.45) is 1.95. The average molecular weight is 639 g/mol. The maximum atomic E-state index is 5.04. The van der Waals surface area contributed by atoms with Crippen molar-refractivity contribution < 1.29 is 0 Å². The molecule has 0 radical (unpaired) electrons. The molecule has 0 N–H and O–H groups in total. The number of para-hydroxylation sites is 1. The Balaban J connectivity index is 1.06. The Morgan fingerprint density at radius 3 is 1.54 bits per heavy atom. The third-order valence-electron chi connectivity index (χ3n) is 9.13. The third kappa shape index (κ3) is 5.59. The van der Waals surface area contributed by atoms with Crippen LogP contribution in [0, 0.1) is 0 Å². The van der Waals surface area contributed by atoms with Crippen LogP contribution in [0.25, 0.3) is 89.2 Å². The number of rotatable bonds is 6. The molecule has 3 heterocycles. The van der Waals surface area contributed by atoms with Crippen LogP contribution in [-0.4, -0.2) is 19.9 Å². The van der Waals surface area contributed by atoms with Gasteiger partial charge in [-0.05, 0) is 52.4 Å². The molecule has 0 amide bonds. The molecule has 0 aliphatic heterocycles. The van der Waals surface area contributed by atoms with Gasteiger partial charge in [0, 0.05) is 39.2 Å². The predicted octanol–water partition coefficient (Wildman–Crippen LogP) is 11.6. The van der Waals surface area contributed by atoms with Crippen LogP contribution in [0.1, 0.15) is 0 Å². The van der Waals surface area contributed by atoms with Gasteiger partial charge in [0.1, 0.15) is 0 Å². The number of pyridine rings is 2. The third-order valence-corrected chi connectivity index (χ3v) is 9.13. The normalized spacial score (nSPS) is 11.2. The lowest BCUT2D eigenvalue weighted by molar-refractivity contribution is 1.18. The smallest absolute Gasteiger partial charge is 0.160 e. The molecule has 4 heteroatoms. The maximum Gasteiger partial charge on any atom is 0.160 e. The van der Waals surface area contributed by atoms with Crippen molar-refractivity contribution in [1.29, 1.82) is 0 Å². The summed E-state index contributed by atoms with van der Waals surface area (Å²) in [6, 6.07) is 60.7. The van der Waals surface area contributed by atoms with Gasteiger partial charge in [-0.3, -0.25) is 4.98 Å². The summed E-state index contributed by atoms with van der Waals surface area (Å²) in [5.41, 5.74) is 12.0. The van der Waals surface area contributed by atoms with Gasteiger partial charge in [-0.15, -0.1) is 0 Å². The van der Waals surface area contributed by atoms with Gasteiger partial charge in [0.25, 0.3) is 0 Å². The first kappa shape index (κ1) is 29.4. The molecule has 0 spiro atoms. The monoisotopic (exact) mass is 638 g/mol. The van der Waals surface area contributed by atoms with Crippen LogP contribution in [0.3, 0.4) is 0 Å². The molecule has 0 atom stereocenters. The number of hydrogen-bond donors (Lipinski definition) is 0. The fourth-order valence-corrected chi connectivity index (χ4v) is 6.61. The first-order chi connectivity index (χ1) is 24.8. The van der Waals surface area contributed by atoms with Gasteiger partial charge < -0.3 is 0 Å². The lowest BCUT2D eigenvalue weighted by Crippen LogP contribution is -1.96. The zero-order valence-electron chi connectivity index (χ0n) is 27.1. The summed E-state index contributed by atoms with van der Waals surface area (Å²) < 4.78 is 0. The van der Waals surface area contributed by atoms with Crippen molar-refractivity contribution >= 4 is 21.7 Å². The predicted molar refractivity (Wildman–Crippen MR) is 205 cm³/mol. The minimum absolute atomic E-state index is 0.706. The molecule has 0 unspecified atom stereocenters. The minimum atomic E-state index is 0.706. The standard InChI is InChI=1S/C46H30N4/c1-3-13-31(14-4-1)43-29-44(50-46(49-43)32-15-5-2-6-16-32)36-20-12-18-34(28-36)33-17-11-19-35(27-33)37-25-26-42(47-30-37)45-40-23-8-7-21-38(40)39-22-9-10-24-41(39)48-45/h1-30H. The van der Waals surface area contributed by atoms with Crippen molar-refractivity contribution in [2.45, 2.75) is 0 Å². The van der Waals surface area contributed by atoms with Crippen molar-refractivity contribution in [3.05, 3.63) is 182 Å². The molecule has 50 heavy (non-hydrogen) atoms. The van der Waals surface area contributed by atoms with Gasteiger partial charge in [-0.1, -0.05) is 146 Å². The number of hydrogen-bond acceptors (Lipinski definition) is 4. The van der Waals surface area contributed by atoms with E-state index >= 15 is 0 Å². The van der Waals surface area contributed by atoms with E-state index in [9.17, 15) is 0 Å². The summed E-state index contributed by atoms with van der Waals surface area (Å²) in [6.45, 7) is 0. The zero-order valence-corrected chi connectivity index (χ0v) is 27.1. The molecule has 0 aliphatic carbocycles. The Kier molecular flexibility index (Phi) is 7.45. The zero-order chi connectivity index (χ0) is 33.3. The van der Waals surface area contributed by atoms with Gasteiger partial charge in [-0.2, -0.15) is 0 Å². The Hall–Kier alpha value is -6.78. The summed E-state index contributed by atoms with van der Waals surface area (Å²) in [5.74, 6) is 0.706. The highest BCUT2D eigenvalue weighted by Gasteiger charge is 2.13. The van der Waals surface area contributed by atoms with Crippen LogP contribution in [0.4, 0.5) is 0 Å². The number of aromatic nitrogens is 4. The van der Waals surface area contributed by atoms with Crippen LogP contribution in [0.15, 0.2) is 182 Å². The second-order valence-electron chi connectivity index (χ2n) is 12.3. The Bertz CT molecular complexity index is 2580. The Morgan fingerprint density at radius 1 is 0.300 bits per heavy atom. The lowest BCUT2D eigenvalue weighted by atomic mass is 9.97. The second kappa shape index (κ2) is 12.7. The van der Waals surface area contributed by atoms with Gasteiger partial charge in [-0.25, -0.2) is 15.0 Å². The molecular weight excluding hydrogens is 609 g/mol. The highest BCUT2D eigenvalue weighted by Crippen LogP contribution is 2.34. The Morgan fingerprint density at radius 2 is 0.840 bits per heavy atom. The molecule has 6 aromatic carbocycles. The molecule has 3 aromatic heterocycles. The van der Waals surface area contributed by atoms with E-state index in [0.717, 1.165) is 78.0 Å². The van der Waals surface area contributed by atoms with E-state index in [4.69, 9.17) is 19.9 Å². The van der Waals surface area contributed by atoms with E-state index in [0.29, 0.717) is 5.82 Å². The van der Waals surface area contributed by atoms with E-state index in [1.54, 1.807) is 0 Å². The first-order valence-corrected chi connectivity index (χ1v) is 16.7. The van der Waals surface area contributed by atoms with Crippen LogP contribution in [-0.2, 0) is 0 Å². The molecule has 9 aromatic rings. The molecular formula is C46H30N4.